The van der Waals surface area contributed by atoms with Crippen molar-refractivity contribution < 1.29 is 18.0 Å². The van der Waals surface area contributed by atoms with Gasteiger partial charge in [-0.2, -0.15) is 0 Å². The van der Waals surface area contributed by atoms with Crippen molar-refractivity contribution in [3.63, 3.8) is 0 Å². The number of carbonyl (C=O) groups excluding carboxylic acids is 1. The fourth-order valence-corrected chi connectivity index (χ4v) is 3.58. The Morgan fingerprint density at radius 2 is 1.78 bits per heavy atom. The lowest BCUT2D eigenvalue weighted by molar-refractivity contribution is 0.102. The largest absolute Gasteiger partial charge is 0.444 e. The normalized spacial score (nSPS) is 11.1. The molecule has 0 radical (unpaired) electrons. The first-order valence-electron chi connectivity index (χ1n) is 9.76. The number of halogens is 2. The third-order valence-electron chi connectivity index (χ3n) is 5.15. The summed E-state index contributed by atoms with van der Waals surface area (Å²) < 4.78 is 35.2. The molecule has 0 atom stereocenters. The summed E-state index contributed by atoms with van der Waals surface area (Å²) in [7, 11) is 0. The summed E-state index contributed by atoms with van der Waals surface area (Å²) in [5, 5.41) is 2.92. The van der Waals surface area contributed by atoms with Crippen LogP contribution in [0.5, 0.6) is 0 Å². The number of para-hydroxylation sites is 1. The molecule has 0 fully saturated rings. The number of hydrogen-bond acceptors (Lipinski definition) is 4. The summed E-state index contributed by atoms with van der Waals surface area (Å²) in [6.07, 6.45) is 7.87. The first-order chi connectivity index (χ1) is 15.6. The number of hydrogen-bond donors (Lipinski definition) is 1. The highest BCUT2D eigenvalue weighted by atomic mass is 19.1. The van der Waals surface area contributed by atoms with Crippen molar-refractivity contribution in [2.24, 2.45) is 0 Å². The van der Waals surface area contributed by atoms with Crippen LogP contribution in [0, 0.1) is 11.6 Å². The van der Waals surface area contributed by atoms with E-state index in [1.54, 1.807) is 30.9 Å². The Morgan fingerprint density at radius 1 is 1.00 bits per heavy atom. The van der Waals surface area contributed by atoms with Gasteiger partial charge in [-0.15, -0.1) is 0 Å². The summed E-state index contributed by atoms with van der Waals surface area (Å²) in [4.78, 5) is 20.9. The quantitative estimate of drug-likeness (QED) is 0.412. The fourth-order valence-electron chi connectivity index (χ4n) is 3.58. The van der Waals surface area contributed by atoms with Gasteiger partial charge in [0, 0.05) is 36.1 Å². The monoisotopic (exact) mass is 430 g/mol. The molecule has 0 saturated heterocycles. The molecule has 8 heteroatoms. The van der Waals surface area contributed by atoms with Crippen LogP contribution in [-0.4, -0.2) is 20.4 Å². The molecule has 3 heterocycles. The third kappa shape index (κ3) is 3.62. The summed E-state index contributed by atoms with van der Waals surface area (Å²) in [5.41, 5.74) is 2.46. The number of oxazole rings is 1. The van der Waals surface area contributed by atoms with Crippen molar-refractivity contribution in [1.82, 2.24) is 14.5 Å². The Kier molecular flexibility index (Phi) is 4.95. The number of pyridine rings is 1. The van der Waals surface area contributed by atoms with E-state index in [4.69, 9.17) is 4.42 Å². The van der Waals surface area contributed by atoms with E-state index in [-0.39, 0.29) is 5.56 Å². The van der Waals surface area contributed by atoms with Crippen LogP contribution in [-0.2, 0) is 6.54 Å². The van der Waals surface area contributed by atoms with Gasteiger partial charge in [-0.25, -0.2) is 13.8 Å². The van der Waals surface area contributed by atoms with E-state index in [1.807, 2.05) is 28.8 Å². The van der Waals surface area contributed by atoms with Gasteiger partial charge in [0.05, 0.1) is 17.3 Å². The second kappa shape index (κ2) is 8.07. The number of nitrogens with one attached hydrogen (secondary N) is 1. The molecule has 0 aliphatic heterocycles. The number of aromatic nitrogens is 3. The van der Waals surface area contributed by atoms with Crippen molar-refractivity contribution >= 4 is 22.5 Å². The number of amides is 1. The zero-order chi connectivity index (χ0) is 22.1. The van der Waals surface area contributed by atoms with E-state index in [0.29, 0.717) is 17.7 Å². The molecule has 0 aliphatic rings. The van der Waals surface area contributed by atoms with Gasteiger partial charge in [-0.05, 0) is 23.8 Å². The van der Waals surface area contributed by atoms with E-state index in [9.17, 15) is 13.6 Å². The minimum Gasteiger partial charge on any atom is -0.444 e. The summed E-state index contributed by atoms with van der Waals surface area (Å²) in [6, 6.07) is 13.0. The maximum absolute atomic E-state index is 14.0. The van der Waals surface area contributed by atoms with Crippen molar-refractivity contribution in [2.45, 2.75) is 6.54 Å². The maximum Gasteiger partial charge on any atom is 0.258 e. The van der Waals surface area contributed by atoms with Gasteiger partial charge < -0.3 is 14.3 Å². The first-order valence-corrected chi connectivity index (χ1v) is 9.76. The molecule has 32 heavy (non-hydrogen) atoms. The molecular weight excluding hydrogens is 414 g/mol. The Morgan fingerprint density at radius 3 is 2.50 bits per heavy atom. The molecule has 0 unspecified atom stereocenters. The van der Waals surface area contributed by atoms with E-state index >= 15 is 0 Å². The molecule has 0 bridgehead atoms. The van der Waals surface area contributed by atoms with Crippen LogP contribution in [0.2, 0.25) is 0 Å². The van der Waals surface area contributed by atoms with Gasteiger partial charge in [0.15, 0.2) is 12.2 Å². The highest BCUT2D eigenvalue weighted by molar-refractivity contribution is 6.12. The van der Waals surface area contributed by atoms with E-state index < -0.39 is 23.2 Å². The smallest absolute Gasteiger partial charge is 0.258 e. The molecule has 0 spiro atoms. The van der Waals surface area contributed by atoms with E-state index in [1.165, 1.54) is 12.5 Å². The second-order valence-electron chi connectivity index (χ2n) is 7.18. The van der Waals surface area contributed by atoms with Crippen LogP contribution >= 0.6 is 0 Å². The SMILES string of the molecule is O=C(Nc1c(F)cccc1F)c1cn(Cc2ccc(-c3cnco3)cc2)c2ccncc12. The number of anilines is 1. The van der Waals surface area contributed by atoms with Crippen molar-refractivity contribution in [3.8, 4) is 11.3 Å². The number of fused-ring (bicyclic) bond motifs is 1. The molecule has 0 saturated carbocycles. The average Bonchev–Trinajstić information content (AvgIpc) is 3.46. The second-order valence-corrected chi connectivity index (χ2v) is 7.18. The lowest BCUT2D eigenvalue weighted by atomic mass is 10.1. The molecule has 1 N–H and O–H groups in total. The number of nitrogens with zero attached hydrogens (tertiary/aromatic N) is 3. The molecule has 6 nitrogen and oxygen atoms in total. The van der Waals surface area contributed by atoms with Gasteiger partial charge >= 0.3 is 0 Å². The van der Waals surface area contributed by atoms with Gasteiger partial charge in [0.25, 0.3) is 5.91 Å². The van der Waals surface area contributed by atoms with Gasteiger partial charge in [0.2, 0.25) is 0 Å². The van der Waals surface area contributed by atoms with Crippen molar-refractivity contribution in [3.05, 3.63) is 102 Å². The Bertz CT molecular complexity index is 1390. The molecular formula is C24H16F2N4O2. The minimum absolute atomic E-state index is 0.272. The standard InChI is InChI=1S/C24H16F2N4O2/c25-19-2-1-3-20(26)23(19)29-24(31)18-13-30(21-8-9-27-10-17(18)21)12-15-4-6-16(7-5-15)22-11-28-14-32-22/h1-11,13-14H,12H2,(H,29,31). The predicted octanol–water partition coefficient (Wildman–Crippen LogP) is 5.27. The van der Waals surface area contributed by atoms with Crippen LogP contribution in [0.15, 0.2) is 84.1 Å². The highest BCUT2D eigenvalue weighted by Gasteiger charge is 2.19. The Labute approximate surface area is 181 Å². The average molecular weight is 430 g/mol. The van der Waals surface area contributed by atoms with E-state index in [0.717, 1.165) is 28.8 Å². The molecule has 2 aromatic carbocycles. The molecule has 158 valence electrons. The van der Waals surface area contributed by atoms with Crippen LogP contribution in [0.3, 0.4) is 0 Å². The summed E-state index contributed by atoms with van der Waals surface area (Å²) >= 11 is 0. The zero-order valence-corrected chi connectivity index (χ0v) is 16.6. The molecule has 5 aromatic rings. The lowest BCUT2D eigenvalue weighted by Gasteiger charge is -2.07. The van der Waals surface area contributed by atoms with Crippen LogP contribution < -0.4 is 5.32 Å². The number of rotatable bonds is 5. The van der Waals surface area contributed by atoms with Gasteiger partial charge in [-0.1, -0.05) is 30.3 Å². The summed E-state index contributed by atoms with van der Waals surface area (Å²) in [6.45, 7) is 0.485. The fraction of sp³-hybridized carbons (Fsp3) is 0.0417. The first kappa shape index (κ1) is 19.6. The van der Waals surface area contributed by atoms with Crippen molar-refractivity contribution in [1.29, 1.82) is 0 Å². The highest BCUT2D eigenvalue weighted by Crippen LogP contribution is 2.25. The van der Waals surface area contributed by atoms with Gasteiger partial charge in [-0.3, -0.25) is 9.78 Å². The molecule has 0 aliphatic carbocycles. The van der Waals surface area contributed by atoms with Crippen LogP contribution in [0.4, 0.5) is 14.5 Å². The lowest BCUT2D eigenvalue weighted by Crippen LogP contribution is -2.14. The molecule has 5 rings (SSSR count). The van der Waals surface area contributed by atoms with Gasteiger partial charge in [0.1, 0.15) is 17.3 Å². The topological polar surface area (TPSA) is 73.0 Å². The van der Waals surface area contributed by atoms with E-state index in [2.05, 4.69) is 15.3 Å². The maximum atomic E-state index is 14.0. The Balaban J connectivity index is 1.46. The number of benzene rings is 2. The van der Waals surface area contributed by atoms with Crippen LogP contribution in [0.25, 0.3) is 22.2 Å². The summed E-state index contributed by atoms with van der Waals surface area (Å²) in [5.74, 6) is -1.63. The van der Waals surface area contributed by atoms with Crippen LogP contribution in [0.1, 0.15) is 15.9 Å². The molecule has 1 amide bonds. The molecule has 3 aromatic heterocycles. The van der Waals surface area contributed by atoms with Crippen molar-refractivity contribution in [2.75, 3.05) is 5.32 Å². The zero-order valence-electron chi connectivity index (χ0n) is 16.6. The minimum atomic E-state index is -0.841. The predicted molar refractivity (Wildman–Crippen MR) is 115 cm³/mol. The number of carbonyl (C=O) groups is 1. The third-order valence-corrected chi connectivity index (χ3v) is 5.15. The Hall–Kier alpha value is -4.33.